The van der Waals surface area contributed by atoms with E-state index in [2.05, 4.69) is 5.32 Å². The number of piperazine rings is 1. The van der Waals surface area contributed by atoms with Crippen LogP contribution in [0.2, 0.25) is 0 Å². The van der Waals surface area contributed by atoms with E-state index in [0.717, 1.165) is 18.8 Å². The Morgan fingerprint density at radius 2 is 1.91 bits per heavy atom. The van der Waals surface area contributed by atoms with E-state index in [9.17, 15) is 9.59 Å². The molecule has 6 heteroatoms. The van der Waals surface area contributed by atoms with E-state index in [-0.39, 0.29) is 18.0 Å². The van der Waals surface area contributed by atoms with Gasteiger partial charge in [-0.05, 0) is 26.0 Å². The Bertz CT molecular complexity index is 499. The number of ether oxygens (including phenoxy) is 1. The molecule has 2 N–H and O–H groups in total. The molecule has 1 aliphatic heterocycles. The van der Waals surface area contributed by atoms with Gasteiger partial charge in [0, 0.05) is 5.69 Å². The molecule has 22 heavy (non-hydrogen) atoms. The predicted octanol–water partition coefficient (Wildman–Crippen LogP) is 0.371. The zero-order valence-corrected chi connectivity index (χ0v) is 13.2. The van der Waals surface area contributed by atoms with Gasteiger partial charge in [-0.15, -0.1) is 0 Å². The topological polar surface area (TPSA) is 63.1 Å². The highest BCUT2D eigenvalue weighted by Gasteiger charge is 2.31. The average Bonchev–Trinajstić information content (AvgIpc) is 2.55. The monoisotopic (exact) mass is 306 g/mol. The van der Waals surface area contributed by atoms with Gasteiger partial charge in [0.15, 0.2) is 6.04 Å². The minimum Gasteiger partial charge on any atom is -0.450 e. The summed E-state index contributed by atoms with van der Waals surface area (Å²) in [6.45, 7) is 6.86. The summed E-state index contributed by atoms with van der Waals surface area (Å²) in [4.78, 5) is 26.8. The van der Waals surface area contributed by atoms with Crippen molar-refractivity contribution in [3.05, 3.63) is 30.3 Å². The number of para-hydroxylation sites is 1. The summed E-state index contributed by atoms with van der Waals surface area (Å²) in [6.07, 6.45) is -0.261. The summed E-state index contributed by atoms with van der Waals surface area (Å²) < 4.78 is 5.00. The van der Waals surface area contributed by atoms with Gasteiger partial charge in [-0.3, -0.25) is 9.69 Å². The minimum absolute atomic E-state index is 0.00536. The molecule has 1 atom stereocenters. The molecule has 0 radical (unpaired) electrons. The van der Waals surface area contributed by atoms with Crippen molar-refractivity contribution < 1.29 is 19.2 Å². The molecule has 0 unspecified atom stereocenters. The van der Waals surface area contributed by atoms with Crippen molar-refractivity contribution in [1.29, 1.82) is 0 Å². The van der Waals surface area contributed by atoms with Gasteiger partial charge >= 0.3 is 6.09 Å². The number of quaternary nitrogens is 1. The summed E-state index contributed by atoms with van der Waals surface area (Å²) in [5.74, 6) is 0.00536. The van der Waals surface area contributed by atoms with Crippen molar-refractivity contribution in [3.63, 3.8) is 0 Å². The number of hydrogen-bond donors (Lipinski definition) is 2. The summed E-state index contributed by atoms with van der Waals surface area (Å²) in [5.41, 5.74) is 0.809. The van der Waals surface area contributed by atoms with Gasteiger partial charge in [-0.1, -0.05) is 18.2 Å². The SMILES string of the molecule is CCOC(=O)N1CC[NH+]([C@@H](C)C(=O)Nc2ccccc2)CC1. The lowest BCUT2D eigenvalue weighted by atomic mass is 10.2. The predicted molar refractivity (Wildman–Crippen MR) is 83.8 cm³/mol. The second-order valence-corrected chi connectivity index (χ2v) is 5.42. The van der Waals surface area contributed by atoms with Crippen LogP contribution in [0.3, 0.4) is 0 Å². The fourth-order valence-electron chi connectivity index (χ4n) is 2.58. The quantitative estimate of drug-likeness (QED) is 0.845. The molecule has 1 saturated heterocycles. The number of hydrogen-bond acceptors (Lipinski definition) is 3. The summed E-state index contributed by atoms with van der Waals surface area (Å²) in [7, 11) is 0. The lowest BCUT2D eigenvalue weighted by Gasteiger charge is -2.34. The fraction of sp³-hybridized carbons (Fsp3) is 0.500. The molecule has 0 aliphatic carbocycles. The maximum atomic E-state index is 12.3. The van der Waals surface area contributed by atoms with Gasteiger partial charge in [0.2, 0.25) is 0 Å². The van der Waals surface area contributed by atoms with Crippen molar-refractivity contribution in [2.45, 2.75) is 19.9 Å². The fourth-order valence-corrected chi connectivity index (χ4v) is 2.58. The molecule has 1 aromatic carbocycles. The van der Waals surface area contributed by atoms with E-state index in [1.807, 2.05) is 37.3 Å². The van der Waals surface area contributed by atoms with Crippen LogP contribution in [-0.4, -0.2) is 55.7 Å². The Kier molecular flexibility index (Phi) is 5.77. The number of carbonyl (C=O) groups excluding carboxylic acids is 2. The largest absolute Gasteiger partial charge is 0.450 e. The van der Waals surface area contributed by atoms with Crippen molar-refractivity contribution in [2.75, 3.05) is 38.1 Å². The Hall–Kier alpha value is -2.08. The molecular formula is C16H24N3O3+. The number of rotatable bonds is 4. The van der Waals surface area contributed by atoms with Crippen LogP contribution in [0.15, 0.2) is 30.3 Å². The van der Waals surface area contributed by atoms with Crippen LogP contribution in [0.25, 0.3) is 0 Å². The molecule has 1 aromatic rings. The van der Waals surface area contributed by atoms with Crippen LogP contribution in [0.4, 0.5) is 10.5 Å². The van der Waals surface area contributed by atoms with E-state index in [0.29, 0.717) is 19.7 Å². The van der Waals surface area contributed by atoms with E-state index in [1.165, 1.54) is 4.90 Å². The van der Waals surface area contributed by atoms with Crippen molar-refractivity contribution >= 4 is 17.7 Å². The van der Waals surface area contributed by atoms with Crippen molar-refractivity contribution in [3.8, 4) is 0 Å². The Morgan fingerprint density at radius 3 is 2.50 bits per heavy atom. The number of amides is 2. The van der Waals surface area contributed by atoms with Gasteiger partial charge in [0.05, 0.1) is 32.8 Å². The lowest BCUT2D eigenvalue weighted by Crippen LogP contribution is -3.19. The van der Waals surface area contributed by atoms with Crippen LogP contribution in [-0.2, 0) is 9.53 Å². The van der Waals surface area contributed by atoms with Gasteiger partial charge in [0.25, 0.3) is 5.91 Å². The zero-order chi connectivity index (χ0) is 15.9. The molecule has 2 rings (SSSR count). The van der Waals surface area contributed by atoms with E-state index in [4.69, 9.17) is 4.74 Å². The molecule has 0 saturated carbocycles. The highest BCUT2D eigenvalue weighted by atomic mass is 16.6. The maximum absolute atomic E-state index is 12.3. The van der Waals surface area contributed by atoms with Crippen LogP contribution in [0.1, 0.15) is 13.8 Å². The molecule has 0 bridgehead atoms. The molecule has 2 amide bonds. The third-order valence-electron chi connectivity index (χ3n) is 3.98. The molecule has 0 aromatic heterocycles. The third kappa shape index (κ3) is 4.21. The molecule has 0 spiro atoms. The lowest BCUT2D eigenvalue weighted by molar-refractivity contribution is -0.917. The maximum Gasteiger partial charge on any atom is 0.410 e. The zero-order valence-electron chi connectivity index (χ0n) is 13.2. The van der Waals surface area contributed by atoms with Gasteiger partial charge < -0.3 is 15.0 Å². The number of nitrogens with one attached hydrogen (secondary N) is 2. The molecular weight excluding hydrogens is 282 g/mol. The number of nitrogens with zero attached hydrogens (tertiary/aromatic N) is 1. The summed E-state index contributed by atoms with van der Waals surface area (Å²) in [5, 5.41) is 2.93. The Labute approximate surface area is 131 Å². The standard InChI is InChI=1S/C16H23N3O3/c1-3-22-16(21)19-11-9-18(10-12-19)13(2)15(20)17-14-7-5-4-6-8-14/h4-8,13H,3,9-12H2,1-2H3,(H,17,20)/p+1/t13-/m0/s1. The summed E-state index contributed by atoms with van der Waals surface area (Å²) >= 11 is 0. The summed E-state index contributed by atoms with van der Waals surface area (Å²) in [6, 6.07) is 9.30. The number of anilines is 1. The van der Waals surface area contributed by atoms with Crippen LogP contribution in [0.5, 0.6) is 0 Å². The molecule has 6 nitrogen and oxygen atoms in total. The smallest absolute Gasteiger partial charge is 0.410 e. The molecule has 1 fully saturated rings. The molecule has 1 heterocycles. The first-order valence-electron chi connectivity index (χ1n) is 7.74. The van der Waals surface area contributed by atoms with Crippen molar-refractivity contribution in [1.82, 2.24) is 4.90 Å². The van der Waals surface area contributed by atoms with Crippen LogP contribution in [0, 0.1) is 0 Å². The third-order valence-corrected chi connectivity index (χ3v) is 3.98. The van der Waals surface area contributed by atoms with E-state index >= 15 is 0 Å². The Morgan fingerprint density at radius 1 is 1.27 bits per heavy atom. The second-order valence-electron chi connectivity index (χ2n) is 5.42. The highest BCUT2D eigenvalue weighted by Crippen LogP contribution is 2.05. The van der Waals surface area contributed by atoms with Gasteiger partial charge in [0.1, 0.15) is 0 Å². The van der Waals surface area contributed by atoms with E-state index in [1.54, 1.807) is 11.8 Å². The minimum atomic E-state index is -0.261. The number of benzene rings is 1. The normalized spacial score (nSPS) is 16.9. The van der Waals surface area contributed by atoms with Crippen molar-refractivity contribution in [2.24, 2.45) is 0 Å². The Balaban J connectivity index is 1.83. The number of carbonyl (C=O) groups is 2. The first kappa shape index (κ1) is 16.3. The second kappa shape index (κ2) is 7.79. The first-order chi connectivity index (χ1) is 10.6. The molecule has 120 valence electrons. The first-order valence-corrected chi connectivity index (χ1v) is 7.74. The van der Waals surface area contributed by atoms with Crippen LogP contribution >= 0.6 is 0 Å². The molecule has 1 aliphatic rings. The van der Waals surface area contributed by atoms with Gasteiger partial charge in [-0.25, -0.2) is 4.79 Å². The van der Waals surface area contributed by atoms with Gasteiger partial charge in [-0.2, -0.15) is 0 Å². The van der Waals surface area contributed by atoms with Crippen LogP contribution < -0.4 is 10.2 Å². The highest BCUT2D eigenvalue weighted by molar-refractivity contribution is 5.93. The van der Waals surface area contributed by atoms with E-state index < -0.39 is 0 Å². The average molecular weight is 306 g/mol.